The van der Waals surface area contributed by atoms with Gasteiger partial charge in [0.05, 0.1) is 18.6 Å². The third-order valence-corrected chi connectivity index (χ3v) is 4.87. The molecule has 2 rings (SSSR count). The summed E-state index contributed by atoms with van der Waals surface area (Å²) < 4.78 is 38.1. The summed E-state index contributed by atoms with van der Waals surface area (Å²) in [5.41, 5.74) is 0.457. The van der Waals surface area contributed by atoms with Gasteiger partial charge in [0.2, 0.25) is 10.0 Å². The SMILES string of the molecule is CS(=O)(=O)NC1CCC(CNC[C@H](O)c2cncc(F)c2)CC1. The van der Waals surface area contributed by atoms with Gasteiger partial charge in [0.15, 0.2) is 0 Å². The van der Waals surface area contributed by atoms with E-state index in [4.69, 9.17) is 0 Å². The third kappa shape index (κ3) is 6.50. The lowest BCUT2D eigenvalue weighted by molar-refractivity contribution is 0.169. The number of pyridine rings is 1. The van der Waals surface area contributed by atoms with Gasteiger partial charge in [-0.1, -0.05) is 0 Å². The molecule has 1 aliphatic carbocycles. The van der Waals surface area contributed by atoms with Crippen LogP contribution < -0.4 is 10.0 Å². The summed E-state index contributed by atoms with van der Waals surface area (Å²) in [6, 6.07) is 1.31. The number of aliphatic hydroxyl groups is 1. The van der Waals surface area contributed by atoms with E-state index in [1.165, 1.54) is 18.5 Å². The number of aromatic nitrogens is 1. The molecule has 0 spiro atoms. The molecule has 1 aromatic rings. The summed E-state index contributed by atoms with van der Waals surface area (Å²) in [5.74, 6) is 0.00342. The molecule has 8 heteroatoms. The highest BCUT2D eigenvalue weighted by molar-refractivity contribution is 7.88. The van der Waals surface area contributed by atoms with Crippen LogP contribution >= 0.6 is 0 Å². The Morgan fingerprint density at radius 3 is 2.65 bits per heavy atom. The molecule has 130 valence electrons. The Balaban J connectivity index is 1.68. The van der Waals surface area contributed by atoms with Crippen molar-refractivity contribution in [2.24, 2.45) is 5.92 Å². The van der Waals surface area contributed by atoms with Gasteiger partial charge in [0, 0.05) is 24.3 Å². The van der Waals surface area contributed by atoms with Crippen molar-refractivity contribution in [2.75, 3.05) is 19.3 Å². The van der Waals surface area contributed by atoms with E-state index in [1.54, 1.807) is 0 Å². The van der Waals surface area contributed by atoms with Gasteiger partial charge >= 0.3 is 0 Å². The molecule has 3 N–H and O–H groups in total. The van der Waals surface area contributed by atoms with Crippen LogP contribution in [0.15, 0.2) is 18.5 Å². The molecule has 1 heterocycles. The summed E-state index contributed by atoms with van der Waals surface area (Å²) in [6.07, 6.45) is 6.50. The van der Waals surface area contributed by atoms with E-state index in [0.29, 0.717) is 18.0 Å². The second-order valence-electron chi connectivity index (χ2n) is 6.22. The normalized spacial score (nSPS) is 23.6. The Hall–Kier alpha value is -1.09. The number of hydrogen-bond donors (Lipinski definition) is 3. The predicted molar refractivity (Wildman–Crippen MR) is 85.8 cm³/mol. The largest absolute Gasteiger partial charge is 0.387 e. The van der Waals surface area contributed by atoms with Crippen molar-refractivity contribution in [3.8, 4) is 0 Å². The molecule has 1 aromatic heterocycles. The zero-order valence-corrected chi connectivity index (χ0v) is 14.0. The first-order chi connectivity index (χ1) is 10.8. The van der Waals surface area contributed by atoms with Gasteiger partial charge in [-0.2, -0.15) is 0 Å². The van der Waals surface area contributed by atoms with Crippen LogP contribution in [0.1, 0.15) is 37.4 Å². The van der Waals surface area contributed by atoms with Gasteiger partial charge < -0.3 is 10.4 Å². The molecule has 1 saturated carbocycles. The molecule has 1 aliphatic rings. The van der Waals surface area contributed by atoms with Crippen molar-refractivity contribution < 1.29 is 17.9 Å². The fourth-order valence-electron chi connectivity index (χ4n) is 2.94. The van der Waals surface area contributed by atoms with E-state index in [1.807, 2.05) is 0 Å². The van der Waals surface area contributed by atoms with Crippen molar-refractivity contribution in [3.05, 3.63) is 29.8 Å². The van der Waals surface area contributed by atoms with E-state index >= 15 is 0 Å². The fraction of sp³-hybridized carbons (Fsp3) is 0.667. The smallest absolute Gasteiger partial charge is 0.208 e. The summed E-state index contributed by atoms with van der Waals surface area (Å²) >= 11 is 0. The van der Waals surface area contributed by atoms with Crippen LogP contribution in [0.3, 0.4) is 0 Å². The first-order valence-electron chi connectivity index (χ1n) is 7.80. The first kappa shape index (κ1) is 18.3. The molecule has 0 unspecified atom stereocenters. The van der Waals surface area contributed by atoms with Gasteiger partial charge in [0.25, 0.3) is 0 Å². The van der Waals surface area contributed by atoms with Crippen LogP contribution in [-0.2, 0) is 10.0 Å². The van der Waals surface area contributed by atoms with E-state index in [0.717, 1.165) is 38.4 Å². The molecule has 0 saturated heterocycles. The Bertz CT molecular complexity index is 604. The highest BCUT2D eigenvalue weighted by atomic mass is 32.2. The van der Waals surface area contributed by atoms with Gasteiger partial charge in [0.1, 0.15) is 5.82 Å². The van der Waals surface area contributed by atoms with Crippen molar-refractivity contribution in [1.29, 1.82) is 0 Å². The number of nitrogens with one attached hydrogen (secondary N) is 2. The van der Waals surface area contributed by atoms with Crippen LogP contribution in [0.2, 0.25) is 0 Å². The van der Waals surface area contributed by atoms with E-state index in [-0.39, 0.29) is 6.04 Å². The topological polar surface area (TPSA) is 91.3 Å². The summed E-state index contributed by atoms with van der Waals surface area (Å²) in [5, 5.41) is 13.2. The van der Waals surface area contributed by atoms with Crippen molar-refractivity contribution in [2.45, 2.75) is 37.8 Å². The average Bonchev–Trinajstić information content (AvgIpc) is 2.47. The Morgan fingerprint density at radius 2 is 2.04 bits per heavy atom. The molecule has 0 bridgehead atoms. The van der Waals surface area contributed by atoms with E-state index in [2.05, 4.69) is 15.0 Å². The summed E-state index contributed by atoms with van der Waals surface area (Å²) in [4.78, 5) is 3.72. The van der Waals surface area contributed by atoms with Gasteiger partial charge in [-0.25, -0.2) is 17.5 Å². The third-order valence-electron chi connectivity index (χ3n) is 4.11. The van der Waals surface area contributed by atoms with E-state index < -0.39 is 21.9 Å². The summed E-state index contributed by atoms with van der Waals surface area (Å²) in [7, 11) is -3.14. The lowest BCUT2D eigenvalue weighted by atomic mass is 9.86. The maximum absolute atomic E-state index is 13.1. The van der Waals surface area contributed by atoms with Gasteiger partial charge in [-0.3, -0.25) is 4.98 Å². The maximum atomic E-state index is 13.1. The lowest BCUT2D eigenvalue weighted by Gasteiger charge is -2.29. The van der Waals surface area contributed by atoms with Crippen LogP contribution in [0.4, 0.5) is 4.39 Å². The molecule has 1 atom stereocenters. The molecular weight excluding hydrogens is 321 g/mol. The molecule has 6 nitrogen and oxygen atoms in total. The summed E-state index contributed by atoms with van der Waals surface area (Å²) in [6.45, 7) is 1.10. The first-order valence-corrected chi connectivity index (χ1v) is 9.69. The quantitative estimate of drug-likeness (QED) is 0.684. The van der Waals surface area contributed by atoms with Crippen LogP contribution in [-0.4, -0.2) is 43.9 Å². The lowest BCUT2D eigenvalue weighted by Crippen LogP contribution is -2.38. The minimum absolute atomic E-state index is 0.0326. The van der Waals surface area contributed by atoms with Crippen LogP contribution in [0.5, 0.6) is 0 Å². The zero-order chi connectivity index (χ0) is 16.9. The van der Waals surface area contributed by atoms with Crippen molar-refractivity contribution in [3.63, 3.8) is 0 Å². The molecular formula is C15H24FN3O3S. The Labute approximate surface area is 136 Å². The number of rotatable bonds is 7. The number of nitrogens with zero attached hydrogens (tertiary/aromatic N) is 1. The van der Waals surface area contributed by atoms with Crippen molar-refractivity contribution >= 4 is 10.0 Å². The predicted octanol–water partition coefficient (Wildman–Crippen LogP) is 0.952. The minimum atomic E-state index is -3.14. The minimum Gasteiger partial charge on any atom is -0.387 e. The van der Waals surface area contributed by atoms with Crippen LogP contribution in [0, 0.1) is 11.7 Å². The molecule has 0 amide bonds. The molecule has 0 aromatic carbocycles. The number of halogens is 1. The number of hydrogen-bond acceptors (Lipinski definition) is 5. The van der Waals surface area contributed by atoms with Gasteiger partial charge in [-0.05, 0) is 44.2 Å². The fourth-order valence-corrected chi connectivity index (χ4v) is 3.78. The molecule has 1 fully saturated rings. The molecule has 23 heavy (non-hydrogen) atoms. The number of aliphatic hydroxyl groups excluding tert-OH is 1. The van der Waals surface area contributed by atoms with Gasteiger partial charge in [-0.15, -0.1) is 0 Å². The molecule has 0 aliphatic heterocycles. The van der Waals surface area contributed by atoms with Crippen LogP contribution in [0.25, 0.3) is 0 Å². The Morgan fingerprint density at radius 1 is 1.35 bits per heavy atom. The van der Waals surface area contributed by atoms with E-state index in [9.17, 15) is 17.9 Å². The zero-order valence-electron chi connectivity index (χ0n) is 13.2. The second kappa shape index (κ2) is 8.14. The average molecular weight is 345 g/mol. The maximum Gasteiger partial charge on any atom is 0.208 e. The number of sulfonamides is 1. The standard InChI is InChI=1S/C15H24FN3O3S/c1-23(21,22)19-14-4-2-11(3-5-14)7-17-10-15(20)12-6-13(16)9-18-8-12/h6,8-9,11,14-15,17,19-20H,2-5,7,10H2,1H3/t11?,14?,15-/m0/s1. The van der Waals surface area contributed by atoms with Crippen molar-refractivity contribution in [1.82, 2.24) is 15.0 Å². The Kier molecular flexibility index (Phi) is 6.46. The monoisotopic (exact) mass is 345 g/mol. The second-order valence-corrected chi connectivity index (χ2v) is 8.00. The molecule has 0 radical (unpaired) electrons. The highest BCUT2D eigenvalue weighted by Gasteiger charge is 2.23. The highest BCUT2D eigenvalue weighted by Crippen LogP contribution is 2.24.